The Kier molecular flexibility index (Phi) is 7.41. The second kappa shape index (κ2) is 8.91. The van der Waals surface area contributed by atoms with Crippen molar-refractivity contribution in [1.82, 2.24) is 0 Å². The molecule has 1 unspecified atom stereocenters. The summed E-state index contributed by atoms with van der Waals surface area (Å²) in [6.07, 6.45) is 1.51. The van der Waals surface area contributed by atoms with E-state index in [9.17, 15) is 5.11 Å². The van der Waals surface area contributed by atoms with Crippen molar-refractivity contribution in [2.45, 2.75) is 32.4 Å². The summed E-state index contributed by atoms with van der Waals surface area (Å²) in [5.41, 5.74) is 6.54. The Bertz CT molecular complexity index is 331. The van der Waals surface area contributed by atoms with Crippen LogP contribution in [0.2, 0.25) is 0 Å². The van der Waals surface area contributed by atoms with Crippen LogP contribution in [0.1, 0.15) is 25.3 Å². The summed E-state index contributed by atoms with van der Waals surface area (Å²) in [7, 11) is 0. The number of benzene rings is 1. The minimum atomic E-state index is -0.604. The van der Waals surface area contributed by atoms with Crippen LogP contribution < -0.4 is 10.5 Å². The molecule has 0 bridgehead atoms. The lowest BCUT2D eigenvalue weighted by Crippen LogP contribution is -2.24. The first kappa shape index (κ1) is 15.0. The van der Waals surface area contributed by atoms with Gasteiger partial charge in [-0.15, -0.1) is 0 Å². The maximum Gasteiger partial charge on any atom is 0.123 e. The lowest BCUT2D eigenvalue weighted by Gasteiger charge is -2.14. The number of ether oxygens (including phenoxy) is 2. The van der Waals surface area contributed by atoms with Gasteiger partial charge in [-0.2, -0.15) is 0 Å². The Labute approximate surface area is 109 Å². The third-order valence-electron chi connectivity index (χ3n) is 2.58. The minimum Gasteiger partial charge on any atom is -0.490 e. The summed E-state index contributed by atoms with van der Waals surface area (Å²) >= 11 is 0. The van der Waals surface area contributed by atoms with E-state index in [1.165, 1.54) is 0 Å². The Morgan fingerprint density at radius 2 is 2.06 bits per heavy atom. The van der Waals surface area contributed by atoms with E-state index in [2.05, 4.69) is 6.92 Å². The average molecular weight is 253 g/mol. The molecule has 0 saturated heterocycles. The molecule has 0 fully saturated rings. The lowest BCUT2D eigenvalue weighted by molar-refractivity contribution is 0.0111. The highest BCUT2D eigenvalue weighted by Gasteiger charge is 2.07. The number of para-hydroxylation sites is 1. The molecule has 0 radical (unpaired) electrons. The van der Waals surface area contributed by atoms with Crippen LogP contribution >= 0.6 is 0 Å². The van der Waals surface area contributed by atoms with Crippen LogP contribution in [0.25, 0.3) is 0 Å². The lowest BCUT2D eigenvalue weighted by atomic mass is 10.2. The summed E-state index contributed by atoms with van der Waals surface area (Å²) in [6.45, 7) is 3.76. The third-order valence-corrected chi connectivity index (χ3v) is 2.58. The molecule has 0 amide bonds. The number of nitrogens with two attached hydrogens (primary N) is 1. The molecule has 0 aliphatic carbocycles. The Morgan fingerprint density at radius 3 is 2.78 bits per heavy atom. The van der Waals surface area contributed by atoms with Crippen LogP contribution in [0.3, 0.4) is 0 Å². The fourth-order valence-corrected chi connectivity index (χ4v) is 1.51. The monoisotopic (exact) mass is 253 g/mol. The van der Waals surface area contributed by atoms with Crippen molar-refractivity contribution in [2.75, 3.05) is 19.8 Å². The summed E-state index contributed by atoms with van der Waals surface area (Å²) < 4.78 is 10.9. The summed E-state index contributed by atoms with van der Waals surface area (Å²) in [5.74, 6) is 0.729. The molecule has 0 aromatic heterocycles. The molecular weight excluding hydrogens is 230 g/mol. The number of rotatable bonds is 9. The maximum atomic E-state index is 9.69. The molecule has 4 heteroatoms. The fraction of sp³-hybridized carbons (Fsp3) is 0.571. The molecule has 4 nitrogen and oxygen atoms in total. The van der Waals surface area contributed by atoms with Gasteiger partial charge in [0, 0.05) is 18.7 Å². The fourth-order valence-electron chi connectivity index (χ4n) is 1.51. The SMILES string of the molecule is CCCCOCC(O)COc1ccccc1CN. The van der Waals surface area contributed by atoms with Gasteiger partial charge >= 0.3 is 0 Å². The second-order valence-electron chi connectivity index (χ2n) is 4.21. The molecule has 0 spiro atoms. The molecule has 1 aromatic carbocycles. The van der Waals surface area contributed by atoms with Crippen molar-refractivity contribution in [3.05, 3.63) is 29.8 Å². The maximum absolute atomic E-state index is 9.69. The molecule has 3 N–H and O–H groups in total. The standard InChI is InChI=1S/C14H23NO3/c1-2-3-8-17-10-13(16)11-18-14-7-5-4-6-12(14)9-15/h4-7,13,16H,2-3,8-11,15H2,1H3. The van der Waals surface area contributed by atoms with Crippen LogP contribution in [0.4, 0.5) is 0 Å². The van der Waals surface area contributed by atoms with Gasteiger partial charge in [0.25, 0.3) is 0 Å². The van der Waals surface area contributed by atoms with Gasteiger partial charge < -0.3 is 20.3 Å². The smallest absolute Gasteiger partial charge is 0.123 e. The number of aliphatic hydroxyl groups is 1. The Morgan fingerprint density at radius 1 is 1.28 bits per heavy atom. The van der Waals surface area contributed by atoms with Crippen molar-refractivity contribution in [2.24, 2.45) is 5.73 Å². The first-order valence-electron chi connectivity index (χ1n) is 6.44. The van der Waals surface area contributed by atoms with Gasteiger partial charge in [-0.3, -0.25) is 0 Å². The van der Waals surface area contributed by atoms with E-state index in [0.29, 0.717) is 19.8 Å². The largest absolute Gasteiger partial charge is 0.490 e. The number of aliphatic hydroxyl groups excluding tert-OH is 1. The topological polar surface area (TPSA) is 64.7 Å². The summed E-state index contributed by atoms with van der Waals surface area (Å²) in [6, 6.07) is 7.57. The first-order chi connectivity index (χ1) is 8.77. The van der Waals surface area contributed by atoms with Gasteiger partial charge in [0.05, 0.1) is 6.61 Å². The van der Waals surface area contributed by atoms with Crippen LogP contribution in [-0.2, 0) is 11.3 Å². The highest BCUT2D eigenvalue weighted by molar-refractivity contribution is 5.32. The van der Waals surface area contributed by atoms with Gasteiger partial charge in [-0.05, 0) is 12.5 Å². The zero-order valence-corrected chi connectivity index (χ0v) is 11.0. The highest BCUT2D eigenvalue weighted by atomic mass is 16.5. The van der Waals surface area contributed by atoms with Crippen LogP contribution in [-0.4, -0.2) is 31.0 Å². The van der Waals surface area contributed by atoms with Crippen molar-refractivity contribution in [1.29, 1.82) is 0 Å². The van der Waals surface area contributed by atoms with Crippen molar-refractivity contribution >= 4 is 0 Å². The van der Waals surface area contributed by atoms with Crippen LogP contribution in [0, 0.1) is 0 Å². The van der Waals surface area contributed by atoms with Crippen molar-refractivity contribution in [3.8, 4) is 5.75 Å². The van der Waals surface area contributed by atoms with E-state index in [4.69, 9.17) is 15.2 Å². The van der Waals surface area contributed by atoms with Crippen LogP contribution in [0.15, 0.2) is 24.3 Å². The second-order valence-corrected chi connectivity index (χ2v) is 4.21. The quantitative estimate of drug-likeness (QED) is 0.657. The normalized spacial score (nSPS) is 12.4. The molecular formula is C14H23NO3. The first-order valence-corrected chi connectivity index (χ1v) is 6.44. The Hall–Kier alpha value is -1.10. The number of hydrogen-bond donors (Lipinski definition) is 2. The molecule has 102 valence electrons. The zero-order chi connectivity index (χ0) is 13.2. The van der Waals surface area contributed by atoms with Gasteiger partial charge in [0.1, 0.15) is 18.5 Å². The molecule has 1 aromatic rings. The average Bonchev–Trinajstić information content (AvgIpc) is 2.41. The third kappa shape index (κ3) is 5.49. The predicted molar refractivity (Wildman–Crippen MR) is 71.6 cm³/mol. The van der Waals surface area contributed by atoms with Crippen molar-refractivity contribution in [3.63, 3.8) is 0 Å². The van der Waals surface area contributed by atoms with Crippen molar-refractivity contribution < 1.29 is 14.6 Å². The molecule has 18 heavy (non-hydrogen) atoms. The zero-order valence-electron chi connectivity index (χ0n) is 11.0. The van der Waals surface area contributed by atoms with E-state index in [1.807, 2.05) is 24.3 Å². The van der Waals surface area contributed by atoms with E-state index in [0.717, 1.165) is 24.2 Å². The van der Waals surface area contributed by atoms with E-state index in [1.54, 1.807) is 0 Å². The van der Waals surface area contributed by atoms with Gasteiger partial charge in [0.15, 0.2) is 0 Å². The van der Waals surface area contributed by atoms with Gasteiger partial charge in [-0.25, -0.2) is 0 Å². The Balaban J connectivity index is 2.26. The molecule has 0 aliphatic heterocycles. The molecule has 1 atom stereocenters. The predicted octanol–water partition coefficient (Wildman–Crippen LogP) is 1.70. The van der Waals surface area contributed by atoms with Gasteiger partial charge in [0.2, 0.25) is 0 Å². The molecule has 1 rings (SSSR count). The number of unbranched alkanes of at least 4 members (excludes halogenated alkanes) is 1. The minimum absolute atomic E-state index is 0.225. The van der Waals surface area contributed by atoms with E-state index >= 15 is 0 Å². The summed E-state index contributed by atoms with van der Waals surface area (Å²) in [5, 5.41) is 9.69. The van der Waals surface area contributed by atoms with E-state index < -0.39 is 6.10 Å². The molecule has 0 heterocycles. The number of hydrogen-bond acceptors (Lipinski definition) is 4. The highest BCUT2D eigenvalue weighted by Crippen LogP contribution is 2.17. The summed E-state index contributed by atoms with van der Waals surface area (Å²) in [4.78, 5) is 0. The molecule has 0 saturated carbocycles. The van der Waals surface area contributed by atoms with Crippen LogP contribution in [0.5, 0.6) is 5.75 Å². The molecule has 0 aliphatic rings. The van der Waals surface area contributed by atoms with E-state index in [-0.39, 0.29) is 6.61 Å². The van der Waals surface area contributed by atoms with Gasteiger partial charge in [-0.1, -0.05) is 31.5 Å².